The van der Waals surface area contributed by atoms with Gasteiger partial charge in [-0.3, -0.25) is 14.9 Å². The molecule has 0 aromatic heterocycles. The van der Waals surface area contributed by atoms with E-state index in [0.29, 0.717) is 6.29 Å². The van der Waals surface area contributed by atoms with E-state index in [2.05, 4.69) is 0 Å². The zero-order chi connectivity index (χ0) is 13.7. The van der Waals surface area contributed by atoms with E-state index < -0.39 is 17.1 Å². The fourth-order valence-corrected chi connectivity index (χ4v) is 1.55. The summed E-state index contributed by atoms with van der Waals surface area (Å²) in [6.45, 7) is 0.174. The summed E-state index contributed by atoms with van der Waals surface area (Å²) in [5.41, 5.74) is 5.12. The van der Waals surface area contributed by atoms with E-state index in [1.807, 2.05) is 0 Å². The van der Waals surface area contributed by atoms with Crippen LogP contribution in [0.1, 0.15) is 28.4 Å². The van der Waals surface area contributed by atoms with E-state index in [1.54, 1.807) is 0 Å². The summed E-state index contributed by atoms with van der Waals surface area (Å²) in [6.07, 6.45) is -1.85. The molecule has 0 saturated carbocycles. The van der Waals surface area contributed by atoms with Crippen molar-refractivity contribution < 1.29 is 19.9 Å². The van der Waals surface area contributed by atoms with E-state index in [9.17, 15) is 25.1 Å². The Kier molecular flexibility index (Phi) is 4.90. The number of nitro groups is 1. The molecule has 1 rings (SSSR count). The monoisotopic (exact) mass is 254 g/mol. The van der Waals surface area contributed by atoms with Gasteiger partial charge in [-0.1, -0.05) is 0 Å². The number of hydrogen-bond acceptors (Lipinski definition) is 6. The third-order valence-electron chi connectivity index (χ3n) is 2.48. The molecule has 0 amide bonds. The van der Waals surface area contributed by atoms with Gasteiger partial charge < -0.3 is 15.9 Å². The second kappa shape index (κ2) is 6.20. The molecule has 0 aliphatic heterocycles. The summed E-state index contributed by atoms with van der Waals surface area (Å²) in [5.74, 6) is 0. The maximum atomic E-state index is 10.7. The summed E-state index contributed by atoms with van der Waals surface area (Å²) in [7, 11) is 0. The Balaban J connectivity index is 3.11. The van der Waals surface area contributed by atoms with Crippen molar-refractivity contribution in [2.75, 3.05) is 6.54 Å². The number of aldehydes is 1. The van der Waals surface area contributed by atoms with Crippen molar-refractivity contribution in [2.24, 2.45) is 5.73 Å². The molecule has 1 aromatic rings. The van der Waals surface area contributed by atoms with Gasteiger partial charge in [-0.2, -0.15) is 0 Å². The lowest BCUT2D eigenvalue weighted by atomic mass is 9.99. The first kappa shape index (κ1) is 14.2. The van der Waals surface area contributed by atoms with Crippen LogP contribution in [-0.4, -0.2) is 34.1 Å². The SMILES string of the molecule is NCCC(O)C(O)c1cc(C=O)cc([N+](=O)[O-])c1. The highest BCUT2D eigenvalue weighted by Gasteiger charge is 2.21. The third-order valence-corrected chi connectivity index (χ3v) is 2.48. The smallest absolute Gasteiger partial charge is 0.270 e. The third kappa shape index (κ3) is 3.33. The first-order valence-corrected chi connectivity index (χ1v) is 5.30. The molecule has 0 saturated heterocycles. The summed E-state index contributed by atoms with van der Waals surface area (Å²) in [5, 5.41) is 30.0. The standard InChI is InChI=1S/C11H14N2O5/c12-2-1-10(15)11(16)8-3-7(6-14)4-9(5-8)13(17)18/h3-6,10-11,15-16H,1-2,12H2. The van der Waals surface area contributed by atoms with Crippen LogP contribution in [0.25, 0.3) is 0 Å². The molecule has 0 fully saturated rings. The molecular formula is C11H14N2O5. The van der Waals surface area contributed by atoms with Gasteiger partial charge in [0.05, 0.1) is 11.0 Å². The van der Waals surface area contributed by atoms with Crippen molar-refractivity contribution in [3.8, 4) is 0 Å². The largest absolute Gasteiger partial charge is 0.390 e. The Morgan fingerprint density at radius 2 is 2.06 bits per heavy atom. The number of nitrogens with two attached hydrogens (primary N) is 1. The number of hydrogen-bond donors (Lipinski definition) is 3. The van der Waals surface area contributed by atoms with Gasteiger partial charge in [0, 0.05) is 17.7 Å². The lowest BCUT2D eigenvalue weighted by Crippen LogP contribution is -2.22. The summed E-state index contributed by atoms with van der Waals surface area (Å²) < 4.78 is 0. The van der Waals surface area contributed by atoms with Crippen LogP contribution in [0.4, 0.5) is 5.69 Å². The van der Waals surface area contributed by atoms with Gasteiger partial charge in [-0.25, -0.2) is 0 Å². The first-order valence-electron chi connectivity index (χ1n) is 5.30. The zero-order valence-electron chi connectivity index (χ0n) is 9.52. The fourth-order valence-electron chi connectivity index (χ4n) is 1.55. The molecule has 0 aliphatic rings. The highest BCUT2D eigenvalue weighted by Crippen LogP contribution is 2.24. The number of non-ortho nitro benzene ring substituents is 1. The van der Waals surface area contributed by atoms with Gasteiger partial charge in [-0.15, -0.1) is 0 Å². The molecule has 4 N–H and O–H groups in total. The van der Waals surface area contributed by atoms with Crippen molar-refractivity contribution in [2.45, 2.75) is 18.6 Å². The number of nitrogens with zero attached hydrogens (tertiary/aromatic N) is 1. The van der Waals surface area contributed by atoms with Gasteiger partial charge in [0.15, 0.2) is 0 Å². The van der Waals surface area contributed by atoms with E-state index in [1.165, 1.54) is 6.07 Å². The molecular weight excluding hydrogens is 240 g/mol. The molecule has 7 heteroatoms. The van der Waals surface area contributed by atoms with Crippen molar-refractivity contribution in [3.05, 3.63) is 39.4 Å². The molecule has 0 spiro atoms. The lowest BCUT2D eigenvalue weighted by molar-refractivity contribution is -0.385. The predicted molar refractivity (Wildman–Crippen MR) is 63.1 cm³/mol. The van der Waals surface area contributed by atoms with Crippen molar-refractivity contribution in [3.63, 3.8) is 0 Å². The molecule has 0 bridgehead atoms. The quantitative estimate of drug-likeness (QED) is 0.377. The minimum Gasteiger partial charge on any atom is -0.390 e. The van der Waals surface area contributed by atoms with E-state index in [4.69, 9.17) is 5.73 Å². The minimum atomic E-state index is -1.31. The minimum absolute atomic E-state index is 0.0678. The summed E-state index contributed by atoms with van der Waals surface area (Å²) in [6, 6.07) is 3.51. The Bertz CT molecular complexity index is 449. The molecule has 98 valence electrons. The zero-order valence-corrected chi connectivity index (χ0v) is 9.52. The van der Waals surface area contributed by atoms with Crippen LogP contribution in [0.3, 0.4) is 0 Å². The van der Waals surface area contributed by atoms with E-state index in [0.717, 1.165) is 12.1 Å². The molecule has 1 aromatic carbocycles. The number of aliphatic hydroxyl groups is 2. The number of rotatable bonds is 6. The lowest BCUT2D eigenvalue weighted by Gasteiger charge is -2.17. The van der Waals surface area contributed by atoms with Crippen molar-refractivity contribution in [1.29, 1.82) is 0 Å². The van der Waals surface area contributed by atoms with Crippen LogP contribution in [0.15, 0.2) is 18.2 Å². The van der Waals surface area contributed by atoms with Gasteiger partial charge in [0.2, 0.25) is 0 Å². The number of aliphatic hydroxyl groups excluding tert-OH is 2. The number of carbonyl (C=O) groups excluding carboxylic acids is 1. The maximum Gasteiger partial charge on any atom is 0.270 e. The molecule has 0 radical (unpaired) electrons. The molecule has 2 atom stereocenters. The molecule has 2 unspecified atom stereocenters. The molecule has 0 aliphatic carbocycles. The van der Waals surface area contributed by atoms with Crippen LogP contribution in [0, 0.1) is 10.1 Å². The number of nitro benzene ring substituents is 1. The van der Waals surface area contributed by atoms with Gasteiger partial charge >= 0.3 is 0 Å². The number of benzene rings is 1. The first-order chi connectivity index (χ1) is 8.49. The van der Waals surface area contributed by atoms with Crippen LogP contribution in [-0.2, 0) is 0 Å². The topological polar surface area (TPSA) is 127 Å². The normalized spacial score (nSPS) is 13.9. The Morgan fingerprint density at radius 1 is 1.39 bits per heavy atom. The van der Waals surface area contributed by atoms with Crippen LogP contribution in [0.2, 0.25) is 0 Å². The van der Waals surface area contributed by atoms with Crippen molar-refractivity contribution >= 4 is 12.0 Å². The van der Waals surface area contributed by atoms with Crippen LogP contribution in [0.5, 0.6) is 0 Å². The second-order valence-electron chi connectivity index (χ2n) is 3.82. The molecule has 18 heavy (non-hydrogen) atoms. The second-order valence-corrected chi connectivity index (χ2v) is 3.82. The van der Waals surface area contributed by atoms with Crippen molar-refractivity contribution in [1.82, 2.24) is 0 Å². The van der Waals surface area contributed by atoms with Gasteiger partial charge in [-0.05, 0) is 24.6 Å². The predicted octanol–water partition coefficient (Wildman–Crippen LogP) is 0.150. The molecule has 0 heterocycles. The van der Waals surface area contributed by atoms with Gasteiger partial charge in [0.1, 0.15) is 12.4 Å². The van der Waals surface area contributed by atoms with E-state index in [-0.39, 0.29) is 29.8 Å². The fraction of sp³-hybridized carbons (Fsp3) is 0.364. The Labute approximate surface area is 103 Å². The average Bonchev–Trinajstić information content (AvgIpc) is 2.37. The Morgan fingerprint density at radius 3 is 2.56 bits per heavy atom. The van der Waals surface area contributed by atoms with Crippen LogP contribution >= 0.6 is 0 Å². The molecule has 7 nitrogen and oxygen atoms in total. The van der Waals surface area contributed by atoms with Gasteiger partial charge in [0.25, 0.3) is 5.69 Å². The van der Waals surface area contributed by atoms with Crippen LogP contribution < -0.4 is 5.73 Å². The average molecular weight is 254 g/mol. The summed E-state index contributed by atoms with van der Waals surface area (Å²) >= 11 is 0. The summed E-state index contributed by atoms with van der Waals surface area (Å²) in [4.78, 5) is 20.7. The van der Waals surface area contributed by atoms with E-state index >= 15 is 0 Å². The Hall–Kier alpha value is -1.83. The number of carbonyl (C=O) groups is 1. The highest BCUT2D eigenvalue weighted by atomic mass is 16.6. The highest BCUT2D eigenvalue weighted by molar-refractivity contribution is 5.76. The maximum absolute atomic E-state index is 10.7.